The third-order valence-corrected chi connectivity index (χ3v) is 3.18. The van der Waals surface area contributed by atoms with Gasteiger partial charge in [0.15, 0.2) is 0 Å². The molecule has 0 fully saturated rings. The Bertz CT molecular complexity index is 1300. The van der Waals surface area contributed by atoms with Crippen LogP contribution >= 0.6 is 0 Å². The van der Waals surface area contributed by atoms with Gasteiger partial charge in [-0.25, -0.2) is 4.98 Å². The maximum absolute atomic E-state index is 13.2. The summed E-state index contributed by atoms with van der Waals surface area (Å²) in [5.74, 6) is -1.90. The van der Waals surface area contributed by atoms with E-state index in [-0.39, 0.29) is 11.2 Å². The fraction of sp³-hybridized carbons (Fsp3) is 0.263. The molecule has 0 N–H and O–H groups in total. The average Bonchev–Trinajstić information content (AvgIpc) is 3.07. The molecule has 0 spiro atoms. The lowest BCUT2D eigenvalue weighted by molar-refractivity contribution is -0.128. The molecule has 0 atom stereocenters. The molecule has 0 saturated heterocycles. The molecule has 0 saturated carbocycles. The molecule has 2 aromatic heterocycles. The summed E-state index contributed by atoms with van der Waals surface area (Å²) in [5, 5.41) is 0. The van der Waals surface area contributed by atoms with Gasteiger partial charge < -0.3 is 9.30 Å². The molecule has 1 aromatic carbocycles. The lowest BCUT2D eigenvalue weighted by atomic mass is 10.1. The molecule has 3 aromatic rings. The van der Waals surface area contributed by atoms with Crippen molar-refractivity contribution in [3.05, 3.63) is 59.3 Å². The Morgan fingerprint density at radius 3 is 2.70 bits per heavy atom. The van der Waals surface area contributed by atoms with Crippen LogP contribution in [0.4, 0.5) is 0 Å². The number of hydrogen-bond acceptors (Lipinski definition) is 2. The zero-order chi connectivity index (χ0) is 26.8. The van der Waals surface area contributed by atoms with Crippen LogP contribution in [-0.2, 0) is 11.2 Å². The highest BCUT2D eigenvalue weighted by Gasteiger charge is 2.18. The summed E-state index contributed by atoms with van der Waals surface area (Å²) < 4.78 is 96.5. The van der Waals surface area contributed by atoms with Crippen molar-refractivity contribution >= 4 is 11.6 Å². The number of benzene rings is 1. The molecule has 4 nitrogen and oxygen atoms in total. The summed E-state index contributed by atoms with van der Waals surface area (Å²) in [4.78, 5) is 17.0. The van der Waals surface area contributed by atoms with Gasteiger partial charge in [-0.1, -0.05) is 35.8 Å². The van der Waals surface area contributed by atoms with E-state index in [1.807, 2.05) is 0 Å². The molecule has 118 valence electrons. The van der Waals surface area contributed by atoms with Crippen molar-refractivity contribution in [3.8, 4) is 11.3 Å². The average molecular weight is 319 g/mol. The second-order valence-corrected chi connectivity index (χ2v) is 5.01. The van der Waals surface area contributed by atoms with Crippen LogP contribution in [0.2, 0.25) is 0 Å². The maximum Gasteiger partial charge on any atom is 0.228 e. The Morgan fingerprint density at radius 1 is 1.26 bits per heavy atom. The fourth-order valence-corrected chi connectivity index (χ4v) is 2.10. The van der Waals surface area contributed by atoms with Gasteiger partial charge >= 0.3 is 0 Å². The van der Waals surface area contributed by atoms with Crippen molar-refractivity contribution in [3.63, 3.8) is 0 Å². The van der Waals surface area contributed by atoms with E-state index in [1.165, 1.54) is 19.2 Å². The highest BCUT2D eigenvalue weighted by Crippen LogP contribution is 2.26. The van der Waals surface area contributed by atoms with Crippen molar-refractivity contribution in [1.29, 1.82) is 0 Å². The summed E-state index contributed by atoms with van der Waals surface area (Å²) in [7, 11) is 0. The van der Waals surface area contributed by atoms with Crippen LogP contribution in [0.15, 0.2) is 42.5 Å². The molecular formula is C19H21N3O. The van der Waals surface area contributed by atoms with Crippen molar-refractivity contribution in [1.82, 2.24) is 14.3 Å². The quantitative estimate of drug-likeness (QED) is 0.743. The highest BCUT2D eigenvalue weighted by molar-refractivity contribution is 5.81. The number of likely N-dealkylation sites (N-methyl/N-ethyl adjacent to an activating group) is 1. The predicted octanol–water partition coefficient (Wildman–Crippen LogP) is 3.25. The standard InChI is InChI=1S/C19H21N3O/c1-13-5-8-15(9-6-13)19-16(11-18(23)21(3)4)22-12-14(2)7-10-17(22)20-19/h5-10,12H,11H2,1-4H3/i3D3,4D3,5D,6D,8D,9D,11D2. The number of nitrogens with zero attached hydrogens (tertiary/aromatic N) is 3. The van der Waals surface area contributed by atoms with Crippen LogP contribution in [0.3, 0.4) is 0 Å². The van der Waals surface area contributed by atoms with Gasteiger partial charge in [0.25, 0.3) is 0 Å². The number of aryl methyl sites for hydroxylation is 1. The molecule has 0 aliphatic heterocycles. The molecular weight excluding hydrogens is 286 g/mol. The first kappa shape index (κ1) is 6.48. The van der Waals surface area contributed by atoms with Crippen molar-refractivity contribution in [2.24, 2.45) is 0 Å². The Balaban J connectivity index is 2.46. The molecule has 2 heterocycles. The van der Waals surface area contributed by atoms with Gasteiger partial charge in [-0.15, -0.1) is 0 Å². The highest BCUT2D eigenvalue weighted by atomic mass is 16.2. The Hall–Kier alpha value is -2.62. The van der Waals surface area contributed by atoms with Gasteiger partial charge in [0.1, 0.15) is 5.65 Å². The van der Waals surface area contributed by atoms with Crippen molar-refractivity contribution in [2.75, 3.05) is 14.0 Å². The normalized spacial score (nSPS) is 20.3. The topological polar surface area (TPSA) is 37.6 Å². The SMILES string of the molecule is [2H]c1c([2H])c(-c2nc3ccc(C)cn3c2C([2H])([2H])C(=O)N(C([2H])([2H])[2H])C([2H])([2H])[2H])c([2H])c([2H])c1C. The second kappa shape index (κ2) is 5.88. The monoisotopic (exact) mass is 319 g/mol. The minimum absolute atomic E-state index is 0.0416. The number of carbonyl (C=O) groups is 1. The first-order valence-corrected chi connectivity index (χ1v) is 6.73. The van der Waals surface area contributed by atoms with E-state index in [9.17, 15) is 4.79 Å². The molecule has 1 amide bonds. The van der Waals surface area contributed by atoms with E-state index in [0.717, 1.165) is 4.40 Å². The smallest absolute Gasteiger partial charge is 0.228 e. The van der Waals surface area contributed by atoms with E-state index in [1.54, 1.807) is 13.0 Å². The number of hydrogen-bond donors (Lipinski definition) is 0. The number of pyridine rings is 1. The fourth-order valence-electron chi connectivity index (χ4n) is 2.10. The lowest BCUT2D eigenvalue weighted by Crippen LogP contribution is -2.24. The zero-order valence-corrected chi connectivity index (χ0v) is 12.5. The molecule has 0 unspecified atom stereocenters. The van der Waals surface area contributed by atoms with E-state index in [0.29, 0.717) is 5.56 Å². The molecule has 0 bridgehead atoms. The van der Waals surface area contributed by atoms with Gasteiger partial charge in [0.05, 0.1) is 23.2 Å². The predicted molar refractivity (Wildman–Crippen MR) is 92.5 cm³/mol. The summed E-state index contributed by atoms with van der Waals surface area (Å²) in [6.45, 7) is -4.00. The molecule has 0 aliphatic rings. The third kappa shape index (κ3) is 2.97. The summed E-state index contributed by atoms with van der Waals surface area (Å²) in [6, 6.07) is 1.18. The molecule has 0 radical (unpaired) electrons. The third-order valence-electron chi connectivity index (χ3n) is 3.18. The van der Waals surface area contributed by atoms with Crippen LogP contribution in [0.1, 0.15) is 33.3 Å². The van der Waals surface area contributed by atoms with E-state index in [4.69, 9.17) is 16.4 Å². The number of aromatic nitrogens is 2. The van der Waals surface area contributed by atoms with Gasteiger partial charge in [-0.05, 0) is 25.5 Å². The number of fused-ring (bicyclic) bond motifs is 1. The number of imidazole rings is 1. The summed E-state index contributed by atoms with van der Waals surface area (Å²) in [5.41, 5.74) is -0.791. The van der Waals surface area contributed by atoms with Crippen LogP contribution in [0.5, 0.6) is 0 Å². The van der Waals surface area contributed by atoms with Crippen LogP contribution < -0.4 is 0 Å². The Morgan fingerprint density at radius 2 is 2.00 bits per heavy atom. The lowest BCUT2D eigenvalue weighted by Gasteiger charge is -2.11. The van der Waals surface area contributed by atoms with Crippen molar-refractivity contribution in [2.45, 2.75) is 20.2 Å². The largest absolute Gasteiger partial charge is 0.348 e. The van der Waals surface area contributed by atoms with Gasteiger partial charge in [-0.3, -0.25) is 4.79 Å². The minimum atomic E-state index is -3.51. The molecule has 0 aliphatic carbocycles. The van der Waals surface area contributed by atoms with Crippen LogP contribution in [0.25, 0.3) is 16.9 Å². The molecule has 4 heteroatoms. The summed E-state index contributed by atoms with van der Waals surface area (Å²) >= 11 is 0. The van der Waals surface area contributed by atoms with Crippen LogP contribution in [-0.4, -0.2) is 34.1 Å². The van der Waals surface area contributed by atoms with E-state index >= 15 is 0 Å². The number of amides is 1. The van der Waals surface area contributed by atoms with Gasteiger partial charge in [-0.2, -0.15) is 0 Å². The Kier molecular flexibility index (Phi) is 1.65. The summed E-state index contributed by atoms with van der Waals surface area (Å²) in [6.07, 6.45) is -1.94. The number of carbonyl (C=O) groups excluding carboxylic acids is 1. The van der Waals surface area contributed by atoms with E-state index < -0.39 is 72.3 Å². The molecule has 3 rings (SSSR count). The second-order valence-electron chi connectivity index (χ2n) is 5.01. The number of rotatable bonds is 3. The van der Waals surface area contributed by atoms with Gasteiger partial charge in [0, 0.05) is 36.7 Å². The minimum Gasteiger partial charge on any atom is -0.348 e. The first-order chi connectivity index (χ1) is 15.8. The first-order valence-electron chi connectivity index (χ1n) is 12.7. The maximum atomic E-state index is 13.2. The Labute approximate surface area is 153 Å². The van der Waals surface area contributed by atoms with Crippen molar-refractivity contribution < 1.29 is 21.2 Å². The van der Waals surface area contributed by atoms with Gasteiger partial charge in [0.2, 0.25) is 5.91 Å². The van der Waals surface area contributed by atoms with Crippen LogP contribution in [0, 0.1) is 13.8 Å². The molecule has 23 heavy (non-hydrogen) atoms. The zero-order valence-electron chi connectivity index (χ0n) is 24.5. The van der Waals surface area contributed by atoms with E-state index in [2.05, 4.69) is 4.98 Å².